The maximum Gasteiger partial charge on any atom is 0.265 e. The van der Waals surface area contributed by atoms with E-state index in [0.717, 1.165) is 5.56 Å². The lowest BCUT2D eigenvalue weighted by Crippen LogP contribution is -2.30. The third-order valence-electron chi connectivity index (χ3n) is 3.61. The van der Waals surface area contributed by atoms with Crippen LogP contribution in [0.1, 0.15) is 37.8 Å². The zero-order valence-electron chi connectivity index (χ0n) is 13.9. The predicted octanol–water partition coefficient (Wildman–Crippen LogP) is 4.66. The Hall–Kier alpha value is -2.36. The van der Waals surface area contributed by atoms with Gasteiger partial charge < -0.3 is 10.1 Å². The quantitative estimate of drug-likeness (QED) is 0.871. The van der Waals surface area contributed by atoms with Gasteiger partial charge in [-0.15, -0.1) is 0 Å². The fourth-order valence-corrected chi connectivity index (χ4v) is 2.14. The zero-order chi connectivity index (χ0) is 17.0. The zero-order valence-corrected chi connectivity index (χ0v) is 13.9. The Balaban J connectivity index is 1.99. The first-order valence-corrected chi connectivity index (χ1v) is 7.70. The number of halogens is 1. The molecule has 0 aliphatic heterocycles. The van der Waals surface area contributed by atoms with E-state index in [4.69, 9.17) is 4.74 Å². The van der Waals surface area contributed by atoms with Gasteiger partial charge in [0, 0.05) is 0 Å². The van der Waals surface area contributed by atoms with Gasteiger partial charge in [0.05, 0.1) is 5.69 Å². The van der Waals surface area contributed by atoms with E-state index in [9.17, 15) is 9.18 Å². The highest BCUT2D eigenvalue weighted by Gasteiger charge is 2.16. The number of aryl methyl sites for hydroxylation is 1. The standard InChI is InChI=1S/C19H22FNO2/c1-12(2)15-6-8-16(9-7-15)23-14(4)19(22)21-18-10-5-13(3)11-17(18)20/h5-12,14H,1-4H3,(H,21,22). The Morgan fingerprint density at radius 1 is 1.09 bits per heavy atom. The summed E-state index contributed by atoms with van der Waals surface area (Å²) in [6.07, 6.45) is -0.722. The highest BCUT2D eigenvalue weighted by Crippen LogP contribution is 2.20. The molecule has 4 heteroatoms. The van der Waals surface area contributed by atoms with Gasteiger partial charge in [0.1, 0.15) is 11.6 Å². The van der Waals surface area contributed by atoms with Crippen LogP contribution in [0.4, 0.5) is 10.1 Å². The van der Waals surface area contributed by atoms with Crippen molar-refractivity contribution < 1.29 is 13.9 Å². The van der Waals surface area contributed by atoms with Crippen LogP contribution in [0.15, 0.2) is 42.5 Å². The van der Waals surface area contributed by atoms with E-state index in [0.29, 0.717) is 11.7 Å². The average molecular weight is 315 g/mol. The Morgan fingerprint density at radius 3 is 2.30 bits per heavy atom. The first kappa shape index (κ1) is 17.0. The molecule has 1 N–H and O–H groups in total. The molecule has 0 spiro atoms. The fourth-order valence-electron chi connectivity index (χ4n) is 2.14. The summed E-state index contributed by atoms with van der Waals surface area (Å²) in [4.78, 5) is 12.1. The normalized spacial score (nSPS) is 12.1. The van der Waals surface area contributed by atoms with Gasteiger partial charge in [0.2, 0.25) is 0 Å². The Kier molecular flexibility index (Phi) is 5.37. The first-order chi connectivity index (χ1) is 10.9. The lowest BCUT2D eigenvalue weighted by molar-refractivity contribution is -0.122. The summed E-state index contributed by atoms with van der Waals surface area (Å²) in [5, 5.41) is 2.55. The van der Waals surface area contributed by atoms with Crippen LogP contribution >= 0.6 is 0 Å². The lowest BCUT2D eigenvalue weighted by Gasteiger charge is -2.16. The van der Waals surface area contributed by atoms with E-state index in [1.54, 1.807) is 26.0 Å². The molecule has 0 heterocycles. The fraction of sp³-hybridized carbons (Fsp3) is 0.316. The molecular formula is C19H22FNO2. The maximum atomic E-state index is 13.8. The summed E-state index contributed by atoms with van der Waals surface area (Å²) >= 11 is 0. The monoisotopic (exact) mass is 315 g/mol. The molecule has 0 saturated heterocycles. The smallest absolute Gasteiger partial charge is 0.265 e. The number of benzene rings is 2. The number of anilines is 1. The van der Waals surface area contributed by atoms with Crippen LogP contribution in [0.3, 0.4) is 0 Å². The highest BCUT2D eigenvalue weighted by atomic mass is 19.1. The van der Waals surface area contributed by atoms with Gasteiger partial charge in [-0.1, -0.05) is 32.0 Å². The second-order valence-corrected chi connectivity index (χ2v) is 5.96. The summed E-state index contributed by atoms with van der Waals surface area (Å²) < 4.78 is 19.4. The lowest BCUT2D eigenvalue weighted by atomic mass is 10.0. The summed E-state index contributed by atoms with van der Waals surface area (Å²) in [6.45, 7) is 7.66. The molecule has 1 unspecified atom stereocenters. The van der Waals surface area contributed by atoms with Crippen molar-refractivity contribution in [2.24, 2.45) is 0 Å². The van der Waals surface area contributed by atoms with E-state index in [1.165, 1.54) is 11.6 Å². The number of amides is 1. The Bertz CT molecular complexity index is 680. The molecule has 0 aromatic heterocycles. The van der Waals surface area contributed by atoms with Crippen molar-refractivity contribution in [1.29, 1.82) is 0 Å². The van der Waals surface area contributed by atoms with Gasteiger partial charge in [-0.2, -0.15) is 0 Å². The minimum Gasteiger partial charge on any atom is -0.481 e. The summed E-state index contributed by atoms with van der Waals surface area (Å²) in [5.41, 5.74) is 2.16. The van der Waals surface area contributed by atoms with Crippen LogP contribution in [0.2, 0.25) is 0 Å². The van der Waals surface area contributed by atoms with Crippen LogP contribution in [0.5, 0.6) is 5.75 Å². The van der Waals surface area contributed by atoms with Gasteiger partial charge in [-0.3, -0.25) is 4.79 Å². The summed E-state index contributed by atoms with van der Waals surface area (Å²) in [6, 6.07) is 12.3. The molecular weight excluding hydrogens is 293 g/mol. The molecule has 0 bridgehead atoms. The molecule has 1 atom stereocenters. The Morgan fingerprint density at radius 2 is 1.74 bits per heavy atom. The molecule has 0 fully saturated rings. The van der Waals surface area contributed by atoms with Gasteiger partial charge >= 0.3 is 0 Å². The number of carbonyl (C=O) groups is 1. The van der Waals surface area contributed by atoms with E-state index >= 15 is 0 Å². The largest absolute Gasteiger partial charge is 0.481 e. The topological polar surface area (TPSA) is 38.3 Å². The second-order valence-electron chi connectivity index (χ2n) is 5.96. The van der Waals surface area contributed by atoms with E-state index in [-0.39, 0.29) is 11.6 Å². The van der Waals surface area contributed by atoms with Crippen molar-refractivity contribution in [1.82, 2.24) is 0 Å². The van der Waals surface area contributed by atoms with Crippen molar-refractivity contribution in [2.75, 3.05) is 5.32 Å². The average Bonchev–Trinajstić information content (AvgIpc) is 2.50. The van der Waals surface area contributed by atoms with Crippen LogP contribution in [0, 0.1) is 12.7 Å². The SMILES string of the molecule is Cc1ccc(NC(=O)C(C)Oc2ccc(C(C)C)cc2)c(F)c1. The number of ether oxygens (including phenoxy) is 1. The Labute approximate surface area is 136 Å². The van der Waals surface area contributed by atoms with Crippen molar-refractivity contribution in [3.8, 4) is 5.75 Å². The predicted molar refractivity (Wildman–Crippen MR) is 90.4 cm³/mol. The van der Waals surface area contributed by atoms with E-state index in [2.05, 4.69) is 19.2 Å². The summed E-state index contributed by atoms with van der Waals surface area (Å²) in [7, 11) is 0. The number of hydrogen-bond acceptors (Lipinski definition) is 2. The molecule has 2 rings (SSSR count). The van der Waals surface area contributed by atoms with Gasteiger partial charge in [0.25, 0.3) is 5.91 Å². The third kappa shape index (κ3) is 4.55. The number of rotatable bonds is 5. The minimum absolute atomic E-state index is 0.159. The second kappa shape index (κ2) is 7.27. The van der Waals surface area contributed by atoms with Crippen LogP contribution in [-0.4, -0.2) is 12.0 Å². The number of carbonyl (C=O) groups excluding carboxylic acids is 1. The molecule has 23 heavy (non-hydrogen) atoms. The van der Waals surface area contributed by atoms with Gasteiger partial charge in [0.15, 0.2) is 6.10 Å². The first-order valence-electron chi connectivity index (χ1n) is 7.70. The van der Waals surface area contributed by atoms with Gasteiger partial charge in [-0.25, -0.2) is 4.39 Å². The molecule has 0 radical (unpaired) electrons. The molecule has 2 aromatic carbocycles. The number of hydrogen-bond donors (Lipinski definition) is 1. The molecule has 1 amide bonds. The van der Waals surface area contributed by atoms with E-state index in [1.807, 2.05) is 24.3 Å². The maximum absolute atomic E-state index is 13.8. The van der Waals surface area contributed by atoms with Gasteiger partial charge in [-0.05, 0) is 55.2 Å². The van der Waals surface area contributed by atoms with Crippen LogP contribution in [-0.2, 0) is 4.79 Å². The minimum atomic E-state index is -0.722. The highest BCUT2D eigenvalue weighted by molar-refractivity contribution is 5.94. The molecule has 3 nitrogen and oxygen atoms in total. The number of nitrogens with one attached hydrogen (secondary N) is 1. The molecule has 0 aliphatic rings. The van der Waals surface area contributed by atoms with Crippen molar-refractivity contribution in [3.05, 3.63) is 59.4 Å². The molecule has 2 aromatic rings. The molecule has 0 aliphatic carbocycles. The third-order valence-corrected chi connectivity index (χ3v) is 3.61. The van der Waals surface area contributed by atoms with E-state index < -0.39 is 11.9 Å². The molecule has 0 saturated carbocycles. The van der Waals surface area contributed by atoms with Crippen LogP contribution in [0.25, 0.3) is 0 Å². The van der Waals surface area contributed by atoms with Crippen molar-refractivity contribution >= 4 is 11.6 Å². The van der Waals surface area contributed by atoms with Crippen LogP contribution < -0.4 is 10.1 Å². The van der Waals surface area contributed by atoms with Crippen molar-refractivity contribution in [3.63, 3.8) is 0 Å². The molecule has 122 valence electrons. The van der Waals surface area contributed by atoms with Crippen molar-refractivity contribution in [2.45, 2.75) is 39.7 Å². The summed E-state index contributed by atoms with van der Waals surface area (Å²) in [5.74, 6) is 0.211.